The molecule has 3 rings (SSSR count). The molecule has 6 nitrogen and oxygen atoms in total. The van der Waals surface area contributed by atoms with Crippen LogP contribution in [0.15, 0.2) is 29.3 Å². The number of piperidine rings is 1. The molecule has 1 aromatic rings. The highest BCUT2D eigenvalue weighted by Gasteiger charge is 2.42. The zero-order chi connectivity index (χ0) is 21.4. The van der Waals surface area contributed by atoms with Crippen molar-refractivity contribution in [1.29, 1.82) is 0 Å². The van der Waals surface area contributed by atoms with E-state index in [1.165, 1.54) is 43.5 Å². The summed E-state index contributed by atoms with van der Waals surface area (Å²) in [6.45, 7) is 4.79. The fourth-order valence-electron chi connectivity index (χ4n) is 4.89. The molecule has 0 bridgehead atoms. The summed E-state index contributed by atoms with van der Waals surface area (Å²) in [5.41, 5.74) is 2.40. The van der Waals surface area contributed by atoms with Crippen molar-refractivity contribution in [2.45, 2.75) is 58.0 Å². The minimum Gasteiger partial charge on any atom is -0.355 e. The van der Waals surface area contributed by atoms with Gasteiger partial charge < -0.3 is 15.5 Å². The van der Waals surface area contributed by atoms with Gasteiger partial charge in [-0.25, -0.2) is 0 Å². The van der Waals surface area contributed by atoms with Gasteiger partial charge in [-0.15, -0.1) is 24.0 Å². The van der Waals surface area contributed by atoms with Gasteiger partial charge >= 0.3 is 0 Å². The predicted octanol–water partition coefficient (Wildman–Crippen LogP) is 3.60. The molecule has 174 valence electrons. The van der Waals surface area contributed by atoms with Crippen LogP contribution in [0.25, 0.3) is 0 Å². The number of hydrogen-bond donors (Lipinski definition) is 2. The van der Waals surface area contributed by atoms with Crippen LogP contribution >= 0.6 is 24.0 Å². The first-order valence-corrected chi connectivity index (χ1v) is 11.5. The maximum Gasteiger partial charge on any atom is 0.230 e. The van der Waals surface area contributed by atoms with Crippen LogP contribution in [-0.4, -0.2) is 62.4 Å². The quantitative estimate of drug-likeness (QED) is 0.315. The number of amides is 1. The molecule has 1 aliphatic heterocycles. The van der Waals surface area contributed by atoms with Crippen LogP contribution in [0.5, 0.6) is 0 Å². The summed E-state index contributed by atoms with van der Waals surface area (Å²) >= 11 is 0. The second-order valence-electron chi connectivity index (χ2n) is 9.07. The van der Waals surface area contributed by atoms with Gasteiger partial charge in [-0.05, 0) is 49.9 Å². The number of nitrogens with zero attached hydrogens (tertiary/aromatic N) is 3. The Morgan fingerprint density at radius 2 is 1.68 bits per heavy atom. The first-order chi connectivity index (χ1) is 14.5. The first kappa shape index (κ1) is 25.9. The van der Waals surface area contributed by atoms with Crippen LogP contribution in [0.1, 0.15) is 56.1 Å². The normalized spacial score (nSPS) is 18.9. The van der Waals surface area contributed by atoms with Crippen molar-refractivity contribution in [2.75, 3.05) is 40.8 Å². The average Bonchev–Trinajstić information content (AvgIpc) is 3.25. The van der Waals surface area contributed by atoms with Crippen molar-refractivity contribution >= 4 is 35.8 Å². The lowest BCUT2D eigenvalue weighted by atomic mass is 9.84. The van der Waals surface area contributed by atoms with Gasteiger partial charge in [-0.1, -0.05) is 43.5 Å². The Morgan fingerprint density at radius 3 is 2.29 bits per heavy atom. The number of carbonyl (C=O) groups excluding carboxylic acids is 1. The van der Waals surface area contributed by atoms with Crippen molar-refractivity contribution in [3.8, 4) is 0 Å². The summed E-state index contributed by atoms with van der Waals surface area (Å²) < 4.78 is 0. The van der Waals surface area contributed by atoms with E-state index in [9.17, 15) is 4.79 Å². The number of benzene rings is 1. The third-order valence-corrected chi connectivity index (χ3v) is 6.65. The van der Waals surface area contributed by atoms with Crippen LogP contribution in [-0.2, 0) is 17.9 Å². The Balaban J connectivity index is 0.00000341. The van der Waals surface area contributed by atoms with Crippen LogP contribution in [0.3, 0.4) is 0 Å². The minimum atomic E-state index is -0.298. The number of aliphatic imine (C=N–C) groups is 1. The molecule has 7 heteroatoms. The van der Waals surface area contributed by atoms with E-state index < -0.39 is 0 Å². The molecule has 2 fully saturated rings. The Labute approximate surface area is 205 Å². The van der Waals surface area contributed by atoms with Crippen molar-refractivity contribution < 1.29 is 4.79 Å². The van der Waals surface area contributed by atoms with Crippen LogP contribution in [0.4, 0.5) is 0 Å². The molecule has 2 aliphatic rings. The molecule has 0 atom stereocenters. The molecule has 1 saturated carbocycles. The summed E-state index contributed by atoms with van der Waals surface area (Å²) in [6, 6.07) is 8.68. The molecule has 0 aromatic heterocycles. The van der Waals surface area contributed by atoms with Gasteiger partial charge in [0, 0.05) is 40.8 Å². The molecular formula is C24H40IN5O. The molecular weight excluding hydrogens is 501 g/mol. The molecule has 31 heavy (non-hydrogen) atoms. The number of hydrogen-bond acceptors (Lipinski definition) is 3. The number of nitrogens with one attached hydrogen (secondary N) is 2. The lowest BCUT2D eigenvalue weighted by Gasteiger charge is -2.31. The maximum absolute atomic E-state index is 12.8. The largest absolute Gasteiger partial charge is 0.355 e. The summed E-state index contributed by atoms with van der Waals surface area (Å²) in [5.74, 6) is 0.996. The lowest BCUT2D eigenvalue weighted by Crippen LogP contribution is -2.49. The van der Waals surface area contributed by atoms with Crippen LogP contribution in [0, 0.1) is 5.41 Å². The minimum absolute atomic E-state index is 0. The Bertz CT molecular complexity index is 724. The van der Waals surface area contributed by atoms with Gasteiger partial charge in [0.05, 0.1) is 5.41 Å². The third-order valence-electron chi connectivity index (χ3n) is 6.65. The fraction of sp³-hybridized carbons (Fsp3) is 0.667. The number of carbonyl (C=O) groups is 1. The predicted molar refractivity (Wildman–Crippen MR) is 139 cm³/mol. The molecule has 1 aliphatic carbocycles. The lowest BCUT2D eigenvalue weighted by molar-refractivity contribution is -0.138. The van der Waals surface area contributed by atoms with Gasteiger partial charge in [0.15, 0.2) is 5.96 Å². The monoisotopic (exact) mass is 541 g/mol. The van der Waals surface area contributed by atoms with E-state index >= 15 is 0 Å². The van der Waals surface area contributed by atoms with E-state index in [0.29, 0.717) is 6.54 Å². The second kappa shape index (κ2) is 12.6. The molecule has 0 unspecified atom stereocenters. The Hall–Kier alpha value is -1.35. The van der Waals surface area contributed by atoms with Crippen molar-refractivity contribution in [3.05, 3.63) is 35.4 Å². The van der Waals surface area contributed by atoms with Crippen molar-refractivity contribution in [3.63, 3.8) is 0 Å². The summed E-state index contributed by atoms with van der Waals surface area (Å²) in [5, 5.41) is 6.91. The number of halogens is 1. The third kappa shape index (κ3) is 7.07. The highest BCUT2D eigenvalue weighted by molar-refractivity contribution is 14.0. The van der Waals surface area contributed by atoms with Gasteiger partial charge in [0.25, 0.3) is 0 Å². The topological polar surface area (TPSA) is 60.0 Å². The molecule has 2 N–H and O–H groups in total. The van der Waals surface area contributed by atoms with E-state index in [0.717, 1.165) is 44.7 Å². The fourth-order valence-corrected chi connectivity index (χ4v) is 4.89. The molecule has 0 spiro atoms. The van der Waals surface area contributed by atoms with E-state index in [1.54, 1.807) is 11.9 Å². The number of likely N-dealkylation sites (tertiary alicyclic amines) is 1. The van der Waals surface area contributed by atoms with Gasteiger partial charge in [0.2, 0.25) is 5.91 Å². The highest BCUT2D eigenvalue weighted by Crippen LogP contribution is 2.38. The van der Waals surface area contributed by atoms with Gasteiger partial charge in [0.1, 0.15) is 0 Å². The summed E-state index contributed by atoms with van der Waals surface area (Å²) in [4.78, 5) is 21.5. The average molecular weight is 542 g/mol. The summed E-state index contributed by atoms with van der Waals surface area (Å²) in [6.07, 6.45) is 8.13. The maximum atomic E-state index is 12.8. The van der Waals surface area contributed by atoms with Gasteiger partial charge in [-0.2, -0.15) is 0 Å². The molecule has 1 amide bonds. The zero-order valence-electron chi connectivity index (χ0n) is 19.5. The van der Waals surface area contributed by atoms with Crippen molar-refractivity contribution in [1.82, 2.24) is 20.4 Å². The summed E-state index contributed by atoms with van der Waals surface area (Å²) in [7, 11) is 5.51. The molecule has 1 aromatic carbocycles. The van der Waals surface area contributed by atoms with Gasteiger partial charge in [-0.3, -0.25) is 14.7 Å². The van der Waals surface area contributed by atoms with E-state index in [1.807, 2.05) is 14.1 Å². The highest BCUT2D eigenvalue weighted by atomic mass is 127. The van der Waals surface area contributed by atoms with Crippen LogP contribution in [0.2, 0.25) is 0 Å². The smallest absolute Gasteiger partial charge is 0.230 e. The molecule has 0 radical (unpaired) electrons. The Kier molecular flexibility index (Phi) is 10.6. The second-order valence-corrected chi connectivity index (χ2v) is 9.07. The standard InChI is InChI=1S/C24H39N5O.HI/c1-25-23(27-19-24(13-7-8-14-24)22(30)28(2)3)26-17-20-11-5-6-12-21(20)18-29-15-9-4-10-16-29;/h5-6,11-12H,4,7-10,13-19H2,1-3H3,(H2,25,26,27);1H. The van der Waals surface area contributed by atoms with E-state index in [4.69, 9.17) is 0 Å². The van der Waals surface area contributed by atoms with E-state index in [2.05, 4.69) is 44.8 Å². The number of guanidine groups is 1. The molecule has 1 heterocycles. The van der Waals surface area contributed by atoms with E-state index in [-0.39, 0.29) is 35.3 Å². The van der Waals surface area contributed by atoms with Crippen molar-refractivity contribution in [2.24, 2.45) is 10.4 Å². The number of rotatable bonds is 7. The SMILES string of the molecule is CN=C(NCc1ccccc1CN1CCCCC1)NCC1(C(=O)N(C)C)CCCC1.I. The Morgan fingerprint density at radius 1 is 1.03 bits per heavy atom. The van der Waals surface area contributed by atoms with Crippen LogP contribution < -0.4 is 10.6 Å². The first-order valence-electron chi connectivity index (χ1n) is 11.5. The molecule has 1 saturated heterocycles. The zero-order valence-corrected chi connectivity index (χ0v) is 21.8.